The van der Waals surface area contributed by atoms with Crippen molar-refractivity contribution in [2.24, 2.45) is 0 Å². The highest BCUT2D eigenvalue weighted by Crippen LogP contribution is 2.24. The van der Waals surface area contributed by atoms with Crippen molar-refractivity contribution in [3.8, 4) is 0 Å². The minimum Gasteiger partial charge on any atom is -0.357 e. The molecule has 82 valence electrons. The van der Waals surface area contributed by atoms with Crippen LogP contribution in [0.15, 0.2) is 30.5 Å². The molecule has 0 saturated carbocycles. The lowest BCUT2D eigenvalue weighted by Gasteiger charge is -2.16. The van der Waals surface area contributed by atoms with Gasteiger partial charge in [-0.25, -0.2) is 4.98 Å². The topological polar surface area (TPSA) is 16.1 Å². The van der Waals surface area contributed by atoms with E-state index in [2.05, 4.69) is 41.1 Å². The lowest BCUT2D eigenvalue weighted by atomic mass is 10.1. The summed E-state index contributed by atoms with van der Waals surface area (Å²) >= 11 is 0. The Bertz CT molecular complexity index is 513. The van der Waals surface area contributed by atoms with E-state index in [4.69, 9.17) is 0 Å². The number of hydrogen-bond acceptors (Lipinski definition) is 2. The fourth-order valence-corrected chi connectivity index (χ4v) is 2.43. The van der Waals surface area contributed by atoms with Gasteiger partial charge in [0.25, 0.3) is 0 Å². The molecule has 1 aliphatic heterocycles. The number of fused-ring (bicyclic) bond motifs is 1. The van der Waals surface area contributed by atoms with Crippen LogP contribution in [0, 0.1) is 6.92 Å². The van der Waals surface area contributed by atoms with Crippen molar-refractivity contribution in [3.63, 3.8) is 0 Å². The third-order valence-corrected chi connectivity index (χ3v) is 3.40. The second kappa shape index (κ2) is 3.78. The van der Waals surface area contributed by atoms with Crippen molar-refractivity contribution < 1.29 is 0 Å². The number of pyridine rings is 1. The van der Waals surface area contributed by atoms with Crippen LogP contribution in [-0.4, -0.2) is 18.1 Å². The van der Waals surface area contributed by atoms with Crippen molar-refractivity contribution in [3.05, 3.63) is 36.0 Å². The molecule has 1 aromatic carbocycles. The maximum Gasteiger partial charge on any atom is 0.129 e. The zero-order valence-corrected chi connectivity index (χ0v) is 9.61. The molecule has 1 aliphatic rings. The molecular formula is C14H16N2. The Morgan fingerprint density at radius 3 is 2.81 bits per heavy atom. The second-order valence-corrected chi connectivity index (χ2v) is 4.53. The molecule has 0 N–H and O–H groups in total. The minimum atomic E-state index is 1.13. The van der Waals surface area contributed by atoms with Gasteiger partial charge in [-0.2, -0.15) is 0 Å². The van der Waals surface area contributed by atoms with Gasteiger partial charge in [-0.15, -0.1) is 0 Å². The first-order valence-electron chi connectivity index (χ1n) is 5.95. The first-order chi connectivity index (χ1) is 7.84. The molecule has 2 nitrogen and oxygen atoms in total. The normalized spacial score (nSPS) is 15.9. The van der Waals surface area contributed by atoms with Gasteiger partial charge in [-0.05, 0) is 36.8 Å². The van der Waals surface area contributed by atoms with E-state index >= 15 is 0 Å². The highest BCUT2D eigenvalue weighted by Gasteiger charge is 2.13. The summed E-state index contributed by atoms with van der Waals surface area (Å²) in [6.45, 7) is 4.45. The van der Waals surface area contributed by atoms with Crippen molar-refractivity contribution in [2.45, 2.75) is 19.8 Å². The smallest absolute Gasteiger partial charge is 0.129 e. The molecule has 1 fully saturated rings. The van der Waals surface area contributed by atoms with Crippen LogP contribution in [0.5, 0.6) is 0 Å². The zero-order chi connectivity index (χ0) is 11.0. The highest BCUT2D eigenvalue weighted by molar-refractivity contribution is 5.86. The first kappa shape index (κ1) is 9.64. The lowest BCUT2D eigenvalue weighted by Crippen LogP contribution is -2.18. The average Bonchev–Trinajstić information content (AvgIpc) is 2.82. The zero-order valence-electron chi connectivity index (χ0n) is 9.61. The molecule has 0 aliphatic carbocycles. The number of hydrogen-bond donors (Lipinski definition) is 0. The quantitative estimate of drug-likeness (QED) is 0.722. The van der Waals surface area contributed by atoms with Gasteiger partial charge in [0.1, 0.15) is 5.82 Å². The van der Waals surface area contributed by atoms with Crippen molar-refractivity contribution in [1.29, 1.82) is 0 Å². The van der Waals surface area contributed by atoms with Crippen LogP contribution >= 0.6 is 0 Å². The third-order valence-electron chi connectivity index (χ3n) is 3.40. The summed E-state index contributed by atoms with van der Waals surface area (Å²) in [5.41, 5.74) is 1.30. The molecule has 2 heteroatoms. The molecule has 2 heterocycles. The van der Waals surface area contributed by atoms with Crippen molar-refractivity contribution >= 4 is 16.6 Å². The molecule has 1 saturated heterocycles. The maximum absolute atomic E-state index is 4.58. The summed E-state index contributed by atoms with van der Waals surface area (Å²) in [4.78, 5) is 6.95. The summed E-state index contributed by atoms with van der Waals surface area (Å²) in [5, 5.41) is 2.57. The van der Waals surface area contributed by atoms with Crippen LogP contribution < -0.4 is 4.90 Å². The van der Waals surface area contributed by atoms with Gasteiger partial charge in [0, 0.05) is 24.7 Å². The summed E-state index contributed by atoms with van der Waals surface area (Å²) in [6, 6.07) is 8.64. The van der Waals surface area contributed by atoms with Crippen LogP contribution in [0.2, 0.25) is 0 Å². The molecule has 0 radical (unpaired) electrons. The van der Waals surface area contributed by atoms with Gasteiger partial charge in [-0.1, -0.05) is 18.2 Å². The average molecular weight is 212 g/mol. The number of rotatable bonds is 1. The lowest BCUT2D eigenvalue weighted by molar-refractivity contribution is 0.940. The Morgan fingerprint density at radius 2 is 2.00 bits per heavy atom. The monoisotopic (exact) mass is 212 g/mol. The number of nitrogens with zero attached hydrogens (tertiary/aromatic N) is 2. The van der Waals surface area contributed by atoms with E-state index in [0.717, 1.165) is 18.9 Å². The van der Waals surface area contributed by atoms with E-state index in [-0.39, 0.29) is 0 Å². The van der Waals surface area contributed by atoms with E-state index in [0.29, 0.717) is 0 Å². The molecule has 0 atom stereocenters. The predicted molar refractivity (Wildman–Crippen MR) is 67.9 cm³/mol. The van der Waals surface area contributed by atoms with Gasteiger partial charge >= 0.3 is 0 Å². The molecule has 0 unspecified atom stereocenters. The molecular weight excluding hydrogens is 196 g/mol. The Balaban J connectivity index is 2.08. The largest absolute Gasteiger partial charge is 0.357 e. The summed E-state index contributed by atoms with van der Waals surface area (Å²) in [5.74, 6) is 1.13. The number of aromatic nitrogens is 1. The maximum atomic E-state index is 4.58. The van der Waals surface area contributed by atoms with Crippen LogP contribution in [0.1, 0.15) is 18.4 Å². The Morgan fingerprint density at radius 1 is 1.19 bits per heavy atom. The number of anilines is 1. The standard InChI is InChI=1S/C14H16N2/c1-11-5-4-6-12-9-14(15-10-13(11)12)16-7-2-3-8-16/h4-6,9-10H,2-3,7-8H2,1H3. The fourth-order valence-electron chi connectivity index (χ4n) is 2.43. The summed E-state index contributed by atoms with van der Waals surface area (Å²) in [7, 11) is 0. The Kier molecular flexibility index (Phi) is 2.28. The molecule has 0 bridgehead atoms. The summed E-state index contributed by atoms with van der Waals surface area (Å²) < 4.78 is 0. The van der Waals surface area contributed by atoms with Crippen LogP contribution in [0.25, 0.3) is 10.8 Å². The van der Waals surface area contributed by atoms with Gasteiger partial charge in [0.15, 0.2) is 0 Å². The van der Waals surface area contributed by atoms with E-state index in [1.54, 1.807) is 0 Å². The molecule has 1 aromatic heterocycles. The highest BCUT2D eigenvalue weighted by atomic mass is 15.2. The first-order valence-corrected chi connectivity index (χ1v) is 5.95. The molecule has 0 amide bonds. The number of benzene rings is 1. The van der Waals surface area contributed by atoms with Crippen molar-refractivity contribution in [1.82, 2.24) is 4.98 Å². The van der Waals surface area contributed by atoms with Gasteiger partial charge in [0.05, 0.1) is 0 Å². The molecule has 16 heavy (non-hydrogen) atoms. The van der Waals surface area contributed by atoms with Crippen LogP contribution in [0.3, 0.4) is 0 Å². The van der Waals surface area contributed by atoms with Gasteiger partial charge < -0.3 is 4.90 Å². The van der Waals surface area contributed by atoms with E-state index < -0.39 is 0 Å². The molecule has 2 aromatic rings. The Labute approximate surface area is 95.9 Å². The fraction of sp³-hybridized carbons (Fsp3) is 0.357. The SMILES string of the molecule is Cc1cccc2cc(N3CCCC3)ncc12. The minimum absolute atomic E-state index is 1.13. The van der Waals surface area contributed by atoms with E-state index in [1.165, 1.54) is 29.2 Å². The third kappa shape index (κ3) is 1.54. The van der Waals surface area contributed by atoms with Crippen LogP contribution in [-0.2, 0) is 0 Å². The molecule has 3 rings (SSSR count). The molecule has 0 spiro atoms. The van der Waals surface area contributed by atoms with Crippen LogP contribution in [0.4, 0.5) is 5.82 Å². The second-order valence-electron chi connectivity index (χ2n) is 4.53. The Hall–Kier alpha value is -1.57. The summed E-state index contributed by atoms with van der Waals surface area (Å²) in [6.07, 6.45) is 4.61. The van der Waals surface area contributed by atoms with Gasteiger partial charge in [0.2, 0.25) is 0 Å². The van der Waals surface area contributed by atoms with E-state index in [1.807, 2.05) is 6.20 Å². The number of aryl methyl sites for hydroxylation is 1. The van der Waals surface area contributed by atoms with E-state index in [9.17, 15) is 0 Å². The van der Waals surface area contributed by atoms with Crippen molar-refractivity contribution in [2.75, 3.05) is 18.0 Å². The van der Waals surface area contributed by atoms with Gasteiger partial charge in [-0.3, -0.25) is 0 Å². The predicted octanol–water partition coefficient (Wildman–Crippen LogP) is 3.14.